The van der Waals surface area contributed by atoms with E-state index in [0.717, 1.165) is 24.5 Å². The summed E-state index contributed by atoms with van der Waals surface area (Å²) in [7, 11) is 3.20. The minimum atomic E-state index is -0.171. The summed E-state index contributed by atoms with van der Waals surface area (Å²) in [4.78, 5) is 16.1. The Hall–Kier alpha value is -1.73. The number of methoxy groups -OCH3 is 1. The van der Waals surface area contributed by atoms with Crippen molar-refractivity contribution in [3.05, 3.63) is 26.8 Å². The number of amides is 1. The van der Waals surface area contributed by atoms with Crippen molar-refractivity contribution in [1.82, 2.24) is 5.32 Å². The third-order valence-electron chi connectivity index (χ3n) is 3.61. The van der Waals surface area contributed by atoms with Crippen LogP contribution in [-0.4, -0.2) is 26.6 Å². The van der Waals surface area contributed by atoms with Gasteiger partial charge in [-0.15, -0.1) is 22.7 Å². The van der Waals surface area contributed by atoms with Crippen molar-refractivity contribution in [2.24, 2.45) is 0 Å². The second-order valence-electron chi connectivity index (χ2n) is 4.80. The zero-order chi connectivity index (χ0) is 15.0. The van der Waals surface area contributed by atoms with Crippen LogP contribution in [0.25, 0.3) is 0 Å². The van der Waals surface area contributed by atoms with Crippen molar-refractivity contribution < 1.29 is 9.53 Å². The average Bonchev–Trinajstić information content (AvgIpc) is 3.09. The number of hydrogen-bond donors (Lipinski definition) is 2. The summed E-state index contributed by atoms with van der Waals surface area (Å²) in [6, 6.07) is 2.16. The maximum atomic E-state index is 11.9. The molecule has 112 valence electrons. The first-order chi connectivity index (χ1) is 10.2. The largest absolute Gasteiger partial charge is 0.492 e. The fourth-order valence-corrected chi connectivity index (χ4v) is 4.58. The molecule has 0 radical (unpaired) electrons. The van der Waals surface area contributed by atoms with Gasteiger partial charge in [0.05, 0.1) is 7.11 Å². The second-order valence-corrected chi connectivity index (χ2v) is 6.80. The molecule has 2 aromatic rings. The van der Waals surface area contributed by atoms with Gasteiger partial charge in [0.25, 0.3) is 5.91 Å². The number of nitrogens with one attached hydrogen (secondary N) is 1. The van der Waals surface area contributed by atoms with Gasteiger partial charge >= 0.3 is 0 Å². The lowest BCUT2D eigenvalue weighted by atomic mass is 10.1. The molecule has 21 heavy (non-hydrogen) atoms. The average molecular weight is 323 g/mol. The molecule has 1 aliphatic heterocycles. The van der Waals surface area contributed by atoms with E-state index in [1.165, 1.54) is 21.8 Å². The van der Waals surface area contributed by atoms with Crippen LogP contribution in [0.4, 0.5) is 10.7 Å². The van der Waals surface area contributed by atoms with Crippen LogP contribution in [0.5, 0.6) is 5.75 Å². The Labute approximate surface area is 131 Å². The molecule has 0 fully saturated rings. The van der Waals surface area contributed by atoms with E-state index in [9.17, 15) is 4.79 Å². The molecule has 7 heteroatoms. The lowest BCUT2D eigenvalue weighted by Crippen LogP contribution is -2.28. The molecule has 0 saturated carbocycles. The number of thiophene rings is 2. The SMILES string of the molecule is CNC(=O)c1sc(N2CCc3sccc3C2)c(OC)c1N. The third kappa shape index (κ3) is 2.36. The fraction of sp³-hybridized carbons (Fsp3) is 0.357. The van der Waals surface area contributed by atoms with Crippen molar-refractivity contribution in [3.63, 3.8) is 0 Å². The number of nitrogens with two attached hydrogens (primary N) is 1. The molecule has 3 N–H and O–H groups in total. The highest BCUT2D eigenvalue weighted by Gasteiger charge is 2.27. The first kappa shape index (κ1) is 14.2. The number of carbonyl (C=O) groups excluding carboxylic acids is 1. The Kier molecular flexibility index (Phi) is 3.77. The van der Waals surface area contributed by atoms with Crippen LogP contribution >= 0.6 is 22.7 Å². The van der Waals surface area contributed by atoms with E-state index in [4.69, 9.17) is 10.5 Å². The number of anilines is 2. The van der Waals surface area contributed by atoms with Gasteiger partial charge < -0.3 is 20.7 Å². The van der Waals surface area contributed by atoms with Gasteiger partial charge in [0.15, 0.2) is 5.75 Å². The number of nitrogens with zero attached hydrogens (tertiary/aromatic N) is 1. The van der Waals surface area contributed by atoms with Crippen molar-refractivity contribution >= 4 is 39.3 Å². The number of rotatable bonds is 3. The lowest BCUT2D eigenvalue weighted by molar-refractivity contribution is 0.0967. The monoisotopic (exact) mass is 323 g/mol. The number of carbonyl (C=O) groups is 1. The zero-order valence-electron chi connectivity index (χ0n) is 11.9. The normalized spacial score (nSPS) is 13.9. The van der Waals surface area contributed by atoms with Gasteiger partial charge in [-0.3, -0.25) is 4.79 Å². The lowest BCUT2D eigenvalue weighted by Gasteiger charge is -2.28. The number of fused-ring (bicyclic) bond motifs is 1. The first-order valence-corrected chi connectivity index (χ1v) is 8.33. The highest BCUT2D eigenvalue weighted by molar-refractivity contribution is 7.19. The number of ether oxygens (including phenoxy) is 1. The van der Waals surface area contributed by atoms with Gasteiger partial charge in [0.2, 0.25) is 0 Å². The molecular weight excluding hydrogens is 306 g/mol. The van der Waals surface area contributed by atoms with Crippen molar-refractivity contribution in [1.29, 1.82) is 0 Å². The molecule has 0 atom stereocenters. The molecule has 3 rings (SSSR count). The molecule has 3 heterocycles. The summed E-state index contributed by atoms with van der Waals surface area (Å²) in [6.45, 7) is 1.75. The maximum absolute atomic E-state index is 11.9. The van der Waals surface area contributed by atoms with Crippen LogP contribution < -0.4 is 20.7 Å². The molecular formula is C14H17N3O2S2. The standard InChI is InChI=1S/C14H17N3O2S2/c1-16-13(18)12-10(15)11(19-2)14(21-12)17-5-3-9-8(7-17)4-6-20-9/h4,6H,3,5,7,15H2,1-2H3,(H,16,18). The summed E-state index contributed by atoms with van der Waals surface area (Å²) in [5.41, 5.74) is 7.85. The van der Waals surface area contributed by atoms with Crippen molar-refractivity contribution in [3.8, 4) is 5.75 Å². The van der Waals surface area contributed by atoms with Gasteiger partial charge in [-0.1, -0.05) is 0 Å². The third-order valence-corrected chi connectivity index (χ3v) is 5.88. The van der Waals surface area contributed by atoms with Crippen LogP contribution in [0.3, 0.4) is 0 Å². The second kappa shape index (κ2) is 5.57. The molecule has 1 amide bonds. The highest BCUT2D eigenvalue weighted by atomic mass is 32.1. The van der Waals surface area contributed by atoms with Crippen LogP contribution in [0.15, 0.2) is 11.4 Å². The van der Waals surface area contributed by atoms with E-state index >= 15 is 0 Å². The van der Waals surface area contributed by atoms with Crippen LogP contribution in [0.2, 0.25) is 0 Å². The van der Waals surface area contributed by atoms with Crippen molar-refractivity contribution in [2.45, 2.75) is 13.0 Å². The Morgan fingerprint density at radius 3 is 3.05 bits per heavy atom. The molecule has 0 aliphatic carbocycles. The van der Waals surface area contributed by atoms with E-state index in [1.54, 1.807) is 25.5 Å². The maximum Gasteiger partial charge on any atom is 0.263 e. The van der Waals surface area contributed by atoms with Crippen LogP contribution in [-0.2, 0) is 13.0 Å². The van der Waals surface area contributed by atoms with Gasteiger partial charge in [-0.05, 0) is 23.4 Å². The van der Waals surface area contributed by atoms with E-state index < -0.39 is 0 Å². The van der Waals surface area contributed by atoms with Crippen molar-refractivity contribution in [2.75, 3.05) is 31.3 Å². The molecule has 0 unspecified atom stereocenters. The summed E-state index contributed by atoms with van der Waals surface area (Å²) in [5.74, 6) is 0.438. The Morgan fingerprint density at radius 1 is 1.52 bits per heavy atom. The van der Waals surface area contributed by atoms with Gasteiger partial charge in [-0.25, -0.2) is 0 Å². The number of hydrogen-bond acceptors (Lipinski definition) is 6. The van der Waals surface area contributed by atoms with Gasteiger partial charge in [-0.2, -0.15) is 0 Å². The Bertz CT molecular complexity index is 678. The Balaban J connectivity index is 1.97. The van der Waals surface area contributed by atoms with E-state index in [0.29, 0.717) is 16.3 Å². The fourth-order valence-electron chi connectivity index (χ4n) is 2.53. The quantitative estimate of drug-likeness (QED) is 0.910. The predicted molar refractivity (Wildman–Crippen MR) is 87.7 cm³/mol. The molecule has 1 aliphatic rings. The topological polar surface area (TPSA) is 67.6 Å². The summed E-state index contributed by atoms with van der Waals surface area (Å²) >= 11 is 3.20. The molecule has 0 spiro atoms. The molecule has 2 aromatic heterocycles. The highest BCUT2D eigenvalue weighted by Crippen LogP contribution is 2.46. The first-order valence-electron chi connectivity index (χ1n) is 6.64. The molecule has 0 bridgehead atoms. The molecule has 0 aromatic carbocycles. The molecule has 0 saturated heterocycles. The zero-order valence-corrected chi connectivity index (χ0v) is 13.6. The summed E-state index contributed by atoms with van der Waals surface area (Å²) in [6.07, 6.45) is 1.02. The van der Waals surface area contributed by atoms with Crippen LogP contribution in [0, 0.1) is 0 Å². The minimum absolute atomic E-state index is 0.171. The van der Waals surface area contributed by atoms with E-state index in [2.05, 4.69) is 21.7 Å². The summed E-state index contributed by atoms with van der Waals surface area (Å²) in [5, 5.41) is 5.68. The smallest absolute Gasteiger partial charge is 0.263 e. The van der Waals surface area contributed by atoms with E-state index in [1.807, 2.05) is 0 Å². The van der Waals surface area contributed by atoms with E-state index in [-0.39, 0.29) is 5.91 Å². The minimum Gasteiger partial charge on any atom is -0.492 e. The summed E-state index contributed by atoms with van der Waals surface area (Å²) < 4.78 is 5.44. The Morgan fingerprint density at radius 2 is 2.33 bits per heavy atom. The van der Waals surface area contributed by atoms with Gasteiger partial charge in [0, 0.05) is 25.0 Å². The van der Waals surface area contributed by atoms with Gasteiger partial charge in [0.1, 0.15) is 15.6 Å². The molecule has 5 nitrogen and oxygen atoms in total. The predicted octanol–water partition coefficient (Wildman–Crippen LogP) is 2.32. The number of nitrogen functional groups attached to an aromatic ring is 1. The van der Waals surface area contributed by atoms with Crippen LogP contribution in [0.1, 0.15) is 20.1 Å².